The van der Waals surface area contributed by atoms with Gasteiger partial charge in [0.25, 0.3) is 0 Å². The second kappa shape index (κ2) is 5.57. The van der Waals surface area contributed by atoms with E-state index >= 15 is 0 Å². The van der Waals surface area contributed by atoms with Gasteiger partial charge in [-0.25, -0.2) is 0 Å². The Hall–Kier alpha value is -0.610. The van der Waals surface area contributed by atoms with Crippen molar-refractivity contribution in [3.05, 3.63) is 0 Å². The third-order valence-electron chi connectivity index (χ3n) is 4.57. The zero-order valence-electron chi connectivity index (χ0n) is 11.5. The molecule has 18 heavy (non-hydrogen) atoms. The molecular weight excluding hydrogens is 228 g/mol. The van der Waals surface area contributed by atoms with Crippen molar-refractivity contribution in [2.45, 2.75) is 56.9 Å². The van der Waals surface area contributed by atoms with Crippen LogP contribution in [0.4, 0.5) is 0 Å². The van der Waals surface area contributed by atoms with Gasteiger partial charge in [0.05, 0.1) is 0 Å². The van der Waals surface area contributed by atoms with Crippen LogP contribution >= 0.6 is 0 Å². The largest absolute Gasteiger partial charge is 0.385 e. The molecule has 0 heterocycles. The van der Waals surface area contributed by atoms with Gasteiger partial charge in [-0.3, -0.25) is 4.79 Å². The molecule has 2 rings (SSSR count). The minimum Gasteiger partial charge on any atom is -0.385 e. The average molecular weight is 254 g/mol. The number of amides is 1. The molecule has 0 aromatic heterocycles. The van der Waals surface area contributed by atoms with Crippen LogP contribution < -0.4 is 11.1 Å². The average Bonchev–Trinajstić information content (AvgIpc) is 3.00. The van der Waals surface area contributed by atoms with Crippen LogP contribution in [0.3, 0.4) is 0 Å². The molecule has 2 aliphatic carbocycles. The maximum Gasteiger partial charge on any atom is 0.221 e. The van der Waals surface area contributed by atoms with Crippen molar-refractivity contribution in [2.75, 3.05) is 20.3 Å². The first kappa shape index (κ1) is 13.8. The van der Waals surface area contributed by atoms with Crippen molar-refractivity contribution in [1.29, 1.82) is 0 Å². The SMILES string of the molecule is COCCC1(CNC(=O)CC2(N)CCCC2)CC1. The molecule has 4 nitrogen and oxygen atoms in total. The number of ether oxygens (including phenoxy) is 1. The maximum absolute atomic E-state index is 11.9. The molecule has 3 N–H and O–H groups in total. The molecule has 0 aromatic rings. The van der Waals surface area contributed by atoms with Crippen LogP contribution in [0.25, 0.3) is 0 Å². The number of nitrogens with two attached hydrogens (primary N) is 1. The van der Waals surface area contributed by atoms with Crippen molar-refractivity contribution in [2.24, 2.45) is 11.1 Å². The highest BCUT2D eigenvalue weighted by Gasteiger charge is 2.42. The first-order valence-corrected chi connectivity index (χ1v) is 7.12. The summed E-state index contributed by atoms with van der Waals surface area (Å²) in [7, 11) is 1.73. The quantitative estimate of drug-likeness (QED) is 0.725. The van der Waals surface area contributed by atoms with Crippen LogP contribution in [0.2, 0.25) is 0 Å². The summed E-state index contributed by atoms with van der Waals surface area (Å²) in [5, 5.41) is 3.07. The Morgan fingerprint density at radius 3 is 2.50 bits per heavy atom. The van der Waals surface area contributed by atoms with E-state index in [0.717, 1.165) is 32.4 Å². The lowest BCUT2D eigenvalue weighted by molar-refractivity contribution is -0.122. The third kappa shape index (κ3) is 3.69. The van der Waals surface area contributed by atoms with Gasteiger partial charge >= 0.3 is 0 Å². The highest BCUT2D eigenvalue weighted by Crippen LogP contribution is 2.48. The van der Waals surface area contributed by atoms with Crippen molar-refractivity contribution >= 4 is 5.91 Å². The lowest BCUT2D eigenvalue weighted by Crippen LogP contribution is -2.43. The molecule has 2 aliphatic rings. The van der Waals surface area contributed by atoms with Crippen molar-refractivity contribution in [1.82, 2.24) is 5.32 Å². The van der Waals surface area contributed by atoms with Crippen molar-refractivity contribution in [3.8, 4) is 0 Å². The predicted octanol–water partition coefficient (Wildman–Crippen LogP) is 1.58. The minimum absolute atomic E-state index is 0.128. The molecular formula is C14H26N2O2. The van der Waals surface area contributed by atoms with Crippen LogP contribution in [-0.2, 0) is 9.53 Å². The standard InChI is InChI=1S/C14H26N2O2/c1-18-9-8-13(6-7-13)11-16-12(17)10-14(15)4-2-3-5-14/h2-11,15H2,1H3,(H,16,17). The van der Waals surface area contributed by atoms with E-state index in [1.165, 1.54) is 25.7 Å². The molecule has 0 unspecified atom stereocenters. The fraction of sp³-hybridized carbons (Fsp3) is 0.929. The van der Waals surface area contributed by atoms with Crippen molar-refractivity contribution in [3.63, 3.8) is 0 Å². The highest BCUT2D eigenvalue weighted by molar-refractivity contribution is 5.77. The van der Waals surface area contributed by atoms with Gasteiger partial charge in [-0.1, -0.05) is 12.8 Å². The summed E-state index contributed by atoms with van der Waals surface area (Å²) in [5.41, 5.74) is 6.31. The van der Waals surface area contributed by atoms with Gasteiger partial charge in [0.2, 0.25) is 5.91 Å². The smallest absolute Gasteiger partial charge is 0.221 e. The molecule has 0 bridgehead atoms. The second-order valence-electron chi connectivity index (χ2n) is 6.27. The molecule has 104 valence electrons. The number of hydrogen-bond donors (Lipinski definition) is 2. The summed E-state index contributed by atoms with van der Waals surface area (Å²) in [5.74, 6) is 0.128. The molecule has 0 atom stereocenters. The monoisotopic (exact) mass is 254 g/mol. The lowest BCUT2D eigenvalue weighted by Gasteiger charge is -2.23. The van der Waals surface area contributed by atoms with Crippen LogP contribution in [0.5, 0.6) is 0 Å². The summed E-state index contributed by atoms with van der Waals surface area (Å²) >= 11 is 0. The van der Waals surface area contributed by atoms with Gasteiger partial charge in [0.1, 0.15) is 0 Å². The summed E-state index contributed by atoms with van der Waals surface area (Å²) in [6.45, 7) is 1.59. The van der Waals surface area contributed by atoms with E-state index in [0.29, 0.717) is 11.8 Å². The van der Waals surface area contributed by atoms with E-state index < -0.39 is 0 Å². The fourth-order valence-electron chi connectivity index (χ4n) is 2.93. The number of carbonyl (C=O) groups excluding carboxylic acids is 1. The zero-order chi connectivity index (χ0) is 13.1. The van der Waals surface area contributed by atoms with E-state index in [4.69, 9.17) is 10.5 Å². The molecule has 0 radical (unpaired) electrons. The number of hydrogen-bond acceptors (Lipinski definition) is 3. The van der Waals surface area contributed by atoms with Gasteiger partial charge in [0, 0.05) is 32.2 Å². The van der Waals surface area contributed by atoms with E-state index in [2.05, 4.69) is 5.32 Å². The molecule has 2 saturated carbocycles. The fourth-order valence-corrected chi connectivity index (χ4v) is 2.93. The van der Waals surface area contributed by atoms with Gasteiger partial charge < -0.3 is 15.8 Å². The molecule has 4 heteroatoms. The summed E-state index contributed by atoms with van der Waals surface area (Å²) < 4.78 is 5.12. The third-order valence-corrected chi connectivity index (χ3v) is 4.57. The molecule has 0 saturated heterocycles. The predicted molar refractivity (Wildman–Crippen MR) is 71.2 cm³/mol. The molecule has 1 amide bonds. The number of nitrogens with one attached hydrogen (secondary N) is 1. The summed E-state index contributed by atoms with van der Waals surface area (Å²) in [4.78, 5) is 11.9. The minimum atomic E-state index is -0.229. The zero-order valence-corrected chi connectivity index (χ0v) is 11.5. The van der Waals surface area contributed by atoms with Gasteiger partial charge in [-0.15, -0.1) is 0 Å². The molecule has 0 spiro atoms. The summed E-state index contributed by atoms with van der Waals surface area (Å²) in [6, 6.07) is 0. The Labute approximate surface area is 110 Å². The maximum atomic E-state index is 11.9. The molecule has 0 aromatic carbocycles. The van der Waals surface area contributed by atoms with Crippen LogP contribution in [0, 0.1) is 5.41 Å². The van der Waals surface area contributed by atoms with Gasteiger partial charge in [-0.2, -0.15) is 0 Å². The van der Waals surface area contributed by atoms with Crippen LogP contribution in [0.15, 0.2) is 0 Å². The second-order valence-corrected chi connectivity index (χ2v) is 6.27. The summed E-state index contributed by atoms with van der Waals surface area (Å²) in [6.07, 6.45) is 8.30. The Morgan fingerprint density at radius 2 is 1.94 bits per heavy atom. The van der Waals surface area contributed by atoms with E-state index in [-0.39, 0.29) is 11.4 Å². The number of rotatable bonds is 7. The first-order valence-electron chi connectivity index (χ1n) is 7.12. The number of methoxy groups -OCH3 is 1. The topological polar surface area (TPSA) is 64.3 Å². The van der Waals surface area contributed by atoms with Crippen molar-refractivity contribution < 1.29 is 9.53 Å². The van der Waals surface area contributed by atoms with Crippen LogP contribution in [0.1, 0.15) is 51.4 Å². The highest BCUT2D eigenvalue weighted by atomic mass is 16.5. The molecule has 0 aliphatic heterocycles. The normalized spacial score (nSPS) is 23.9. The van der Waals surface area contributed by atoms with E-state index in [1.54, 1.807) is 7.11 Å². The van der Waals surface area contributed by atoms with Crippen LogP contribution in [-0.4, -0.2) is 31.7 Å². The Morgan fingerprint density at radius 1 is 1.28 bits per heavy atom. The van der Waals surface area contributed by atoms with Gasteiger partial charge in [0.15, 0.2) is 0 Å². The first-order chi connectivity index (χ1) is 8.58. The Bertz CT molecular complexity index is 294. The van der Waals surface area contributed by atoms with Gasteiger partial charge in [-0.05, 0) is 37.5 Å². The van der Waals surface area contributed by atoms with E-state index in [9.17, 15) is 4.79 Å². The Balaban J connectivity index is 1.68. The van der Waals surface area contributed by atoms with E-state index in [1.807, 2.05) is 0 Å². The lowest BCUT2D eigenvalue weighted by atomic mass is 9.94. The molecule has 2 fully saturated rings. The number of carbonyl (C=O) groups is 1. The Kier molecular flexibility index (Phi) is 4.28.